The third kappa shape index (κ3) is 12.5. The Morgan fingerprint density at radius 2 is 1.24 bits per heavy atom. The Labute approximate surface area is 158 Å². The summed E-state index contributed by atoms with van der Waals surface area (Å²) in [6.45, 7) is 6.75. The van der Waals surface area contributed by atoms with E-state index in [1.807, 2.05) is 0 Å². The number of carbonyl (C=O) groups excluding carboxylic acids is 1. The summed E-state index contributed by atoms with van der Waals surface area (Å²) in [5.74, 6) is 1.33. The molecule has 1 unspecified atom stereocenters. The van der Waals surface area contributed by atoms with Gasteiger partial charge in [0.15, 0.2) is 0 Å². The molecule has 1 fully saturated rings. The van der Waals surface area contributed by atoms with E-state index in [4.69, 9.17) is 0 Å². The molecule has 0 aromatic rings. The van der Waals surface area contributed by atoms with E-state index < -0.39 is 0 Å². The van der Waals surface area contributed by atoms with Gasteiger partial charge in [-0.1, -0.05) is 97.3 Å². The highest BCUT2D eigenvalue weighted by molar-refractivity contribution is 5.76. The van der Waals surface area contributed by atoms with Crippen molar-refractivity contribution in [1.29, 1.82) is 0 Å². The number of likely N-dealkylation sites (tertiary alicyclic amines) is 1. The number of unbranched alkanes of at least 4 members (excludes halogenated alkanes) is 10. The minimum Gasteiger partial charge on any atom is -0.343 e. The minimum atomic E-state index is 0.404. The number of hydrogen-bond acceptors (Lipinski definition) is 1. The van der Waals surface area contributed by atoms with Crippen LogP contribution in [-0.2, 0) is 4.79 Å². The average Bonchev–Trinajstić information content (AvgIpc) is 3.14. The second-order valence-corrected chi connectivity index (χ2v) is 8.41. The van der Waals surface area contributed by atoms with E-state index in [2.05, 4.69) is 18.7 Å². The van der Waals surface area contributed by atoms with Crippen LogP contribution in [0.2, 0.25) is 0 Å². The molecule has 148 valence electrons. The van der Waals surface area contributed by atoms with Gasteiger partial charge < -0.3 is 4.90 Å². The van der Waals surface area contributed by atoms with Crippen LogP contribution < -0.4 is 0 Å². The fourth-order valence-corrected chi connectivity index (χ4v) is 4.02. The molecule has 0 spiro atoms. The Balaban J connectivity index is 1.78. The van der Waals surface area contributed by atoms with Crippen molar-refractivity contribution in [1.82, 2.24) is 4.90 Å². The van der Waals surface area contributed by atoms with Crippen LogP contribution in [0.5, 0.6) is 0 Å². The lowest BCUT2D eigenvalue weighted by Crippen LogP contribution is -2.27. The largest absolute Gasteiger partial charge is 0.343 e. The zero-order valence-corrected chi connectivity index (χ0v) is 17.4. The van der Waals surface area contributed by atoms with Crippen LogP contribution in [0.25, 0.3) is 0 Å². The molecule has 1 aliphatic rings. The third-order valence-electron chi connectivity index (χ3n) is 5.85. The molecule has 2 heteroatoms. The van der Waals surface area contributed by atoms with E-state index in [1.165, 1.54) is 96.3 Å². The lowest BCUT2D eigenvalue weighted by Gasteiger charge is -2.14. The predicted molar refractivity (Wildman–Crippen MR) is 110 cm³/mol. The predicted octanol–water partition coefficient (Wildman–Crippen LogP) is 7.12. The molecule has 0 N–H and O–H groups in total. The van der Waals surface area contributed by atoms with Crippen LogP contribution in [0.3, 0.4) is 0 Å². The lowest BCUT2D eigenvalue weighted by molar-refractivity contribution is -0.130. The average molecular weight is 352 g/mol. The van der Waals surface area contributed by atoms with Gasteiger partial charge in [0.05, 0.1) is 0 Å². The minimum absolute atomic E-state index is 0.404. The molecule has 1 heterocycles. The molecule has 25 heavy (non-hydrogen) atoms. The van der Waals surface area contributed by atoms with Crippen LogP contribution >= 0.6 is 0 Å². The van der Waals surface area contributed by atoms with Gasteiger partial charge in [-0.05, 0) is 25.2 Å². The fourth-order valence-electron chi connectivity index (χ4n) is 4.02. The van der Waals surface area contributed by atoms with Gasteiger partial charge >= 0.3 is 0 Å². The van der Waals surface area contributed by atoms with E-state index in [1.54, 1.807) is 0 Å². The summed E-state index contributed by atoms with van der Waals surface area (Å²) in [6.07, 6.45) is 22.4. The van der Waals surface area contributed by atoms with Crippen molar-refractivity contribution in [3.63, 3.8) is 0 Å². The van der Waals surface area contributed by atoms with Crippen LogP contribution in [0.1, 0.15) is 123 Å². The number of carbonyl (C=O) groups is 1. The van der Waals surface area contributed by atoms with Crippen molar-refractivity contribution in [3.8, 4) is 0 Å². The smallest absolute Gasteiger partial charge is 0.222 e. The van der Waals surface area contributed by atoms with Crippen LogP contribution in [-0.4, -0.2) is 23.9 Å². The zero-order chi connectivity index (χ0) is 18.2. The fraction of sp³-hybridized carbons (Fsp3) is 0.957. The Morgan fingerprint density at radius 3 is 1.80 bits per heavy atom. The molecule has 1 atom stereocenters. The molecule has 0 aliphatic carbocycles. The van der Waals surface area contributed by atoms with Gasteiger partial charge in [-0.2, -0.15) is 0 Å². The second-order valence-electron chi connectivity index (χ2n) is 8.41. The Kier molecular flexibility index (Phi) is 14.1. The molecule has 0 saturated carbocycles. The van der Waals surface area contributed by atoms with Gasteiger partial charge in [-0.15, -0.1) is 0 Å². The normalized spacial score (nSPS) is 15.7. The first-order valence-electron chi connectivity index (χ1n) is 11.5. The van der Waals surface area contributed by atoms with E-state index in [9.17, 15) is 4.79 Å². The van der Waals surface area contributed by atoms with Crippen molar-refractivity contribution in [2.24, 2.45) is 5.92 Å². The van der Waals surface area contributed by atoms with Crippen LogP contribution in [0, 0.1) is 5.92 Å². The van der Waals surface area contributed by atoms with Crippen molar-refractivity contribution in [3.05, 3.63) is 0 Å². The molecule has 0 aromatic heterocycles. The zero-order valence-electron chi connectivity index (χ0n) is 17.4. The molecule has 1 saturated heterocycles. The highest BCUT2D eigenvalue weighted by atomic mass is 16.2. The molecule has 1 aliphatic heterocycles. The molecule has 0 bridgehead atoms. The topological polar surface area (TPSA) is 20.3 Å². The van der Waals surface area contributed by atoms with E-state index in [-0.39, 0.29) is 0 Å². The Hall–Kier alpha value is -0.530. The first-order valence-corrected chi connectivity index (χ1v) is 11.5. The quantitative estimate of drug-likeness (QED) is 0.271. The number of rotatable bonds is 16. The van der Waals surface area contributed by atoms with Gasteiger partial charge in [-0.3, -0.25) is 4.79 Å². The molecular weight excluding hydrogens is 306 g/mol. The molecule has 2 nitrogen and oxygen atoms in total. The Morgan fingerprint density at radius 1 is 0.760 bits per heavy atom. The van der Waals surface area contributed by atoms with Gasteiger partial charge in [0.1, 0.15) is 0 Å². The highest BCUT2D eigenvalue weighted by Gasteiger charge is 2.16. The molecule has 0 radical (unpaired) electrons. The van der Waals surface area contributed by atoms with Gasteiger partial charge in [-0.25, -0.2) is 0 Å². The Bertz CT molecular complexity index is 309. The maximum Gasteiger partial charge on any atom is 0.222 e. The van der Waals surface area contributed by atoms with Crippen molar-refractivity contribution in [2.45, 2.75) is 123 Å². The van der Waals surface area contributed by atoms with E-state index >= 15 is 0 Å². The van der Waals surface area contributed by atoms with Crippen LogP contribution in [0.15, 0.2) is 0 Å². The molecule has 0 aromatic carbocycles. The third-order valence-corrected chi connectivity index (χ3v) is 5.85. The SMILES string of the molecule is CCCCCCCC(C)CCCCCCCCCC(=O)N1CCCC1. The molecular formula is C23H45NO. The second kappa shape index (κ2) is 15.7. The first-order chi connectivity index (χ1) is 12.2. The van der Waals surface area contributed by atoms with E-state index in [0.717, 1.165) is 31.8 Å². The summed E-state index contributed by atoms with van der Waals surface area (Å²) >= 11 is 0. The standard InChI is InChI=1S/C23H45NO/c1-3-4-5-9-12-17-22(2)18-13-10-7-6-8-11-14-19-23(25)24-20-15-16-21-24/h22H,3-21H2,1-2H3. The summed E-state index contributed by atoms with van der Waals surface area (Å²) in [5.41, 5.74) is 0. The van der Waals surface area contributed by atoms with Gasteiger partial charge in [0.2, 0.25) is 5.91 Å². The number of amides is 1. The van der Waals surface area contributed by atoms with Crippen molar-refractivity contribution < 1.29 is 4.79 Å². The first kappa shape index (κ1) is 22.5. The number of nitrogens with zero attached hydrogens (tertiary/aromatic N) is 1. The van der Waals surface area contributed by atoms with Gasteiger partial charge in [0.25, 0.3) is 0 Å². The van der Waals surface area contributed by atoms with Gasteiger partial charge in [0, 0.05) is 19.5 Å². The van der Waals surface area contributed by atoms with Crippen molar-refractivity contribution >= 4 is 5.91 Å². The summed E-state index contributed by atoms with van der Waals surface area (Å²) in [7, 11) is 0. The summed E-state index contributed by atoms with van der Waals surface area (Å²) in [4.78, 5) is 14.0. The monoisotopic (exact) mass is 351 g/mol. The highest BCUT2D eigenvalue weighted by Crippen LogP contribution is 2.18. The summed E-state index contributed by atoms with van der Waals surface area (Å²) in [5, 5.41) is 0. The number of hydrogen-bond donors (Lipinski definition) is 0. The molecule has 1 amide bonds. The van der Waals surface area contributed by atoms with Crippen molar-refractivity contribution in [2.75, 3.05) is 13.1 Å². The summed E-state index contributed by atoms with van der Waals surface area (Å²) < 4.78 is 0. The lowest BCUT2D eigenvalue weighted by atomic mass is 9.96. The molecule has 1 rings (SSSR count). The van der Waals surface area contributed by atoms with Crippen LogP contribution in [0.4, 0.5) is 0 Å². The summed E-state index contributed by atoms with van der Waals surface area (Å²) in [6, 6.07) is 0. The maximum atomic E-state index is 11.9. The maximum absolute atomic E-state index is 11.9. The van der Waals surface area contributed by atoms with E-state index in [0.29, 0.717) is 5.91 Å².